The third-order valence-corrected chi connectivity index (χ3v) is 2.85. The fourth-order valence-electron chi connectivity index (χ4n) is 1.79. The van der Waals surface area contributed by atoms with Crippen LogP contribution < -0.4 is 15.8 Å². The van der Waals surface area contributed by atoms with Gasteiger partial charge >= 0.3 is 0 Å². The van der Waals surface area contributed by atoms with Gasteiger partial charge in [0.2, 0.25) is 5.91 Å². The molecule has 0 aliphatic carbocycles. The van der Waals surface area contributed by atoms with Gasteiger partial charge in [-0.05, 0) is 30.7 Å². The van der Waals surface area contributed by atoms with Crippen molar-refractivity contribution in [1.82, 2.24) is 4.98 Å². The molecule has 0 spiro atoms. The molecule has 1 amide bonds. The summed E-state index contributed by atoms with van der Waals surface area (Å²) in [7, 11) is 0. The molecule has 0 aliphatic heterocycles. The summed E-state index contributed by atoms with van der Waals surface area (Å²) in [6.45, 7) is 2.70. The number of nitrogens with one attached hydrogen (secondary N) is 1. The second kappa shape index (κ2) is 7.83. The Morgan fingerprint density at radius 3 is 2.86 bits per heavy atom. The molecule has 0 unspecified atom stereocenters. The fourth-order valence-corrected chi connectivity index (χ4v) is 1.79. The lowest BCUT2D eigenvalue weighted by Crippen LogP contribution is -2.08. The van der Waals surface area contributed by atoms with E-state index in [1.165, 1.54) is 12.3 Å². The first-order chi connectivity index (χ1) is 10.7. The highest BCUT2D eigenvalue weighted by atomic mass is 16.5. The van der Waals surface area contributed by atoms with Crippen LogP contribution >= 0.6 is 0 Å². The van der Waals surface area contributed by atoms with E-state index in [-0.39, 0.29) is 5.91 Å². The molecule has 0 saturated heterocycles. The third-order valence-electron chi connectivity index (χ3n) is 2.85. The van der Waals surface area contributed by atoms with E-state index in [4.69, 9.17) is 10.5 Å². The van der Waals surface area contributed by atoms with E-state index in [2.05, 4.69) is 10.3 Å². The average molecular weight is 297 g/mol. The van der Waals surface area contributed by atoms with Crippen LogP contribution in [0.4, 0.5) is 11.5 Å². The predicted octanol–water partition coefficient (Wildman–Crippen LogP) is 3.10. The molecular formula is C17H19N3O2. The lowest BCUT2D eigenvalue weighted by molar-refractivity contribution is -0.111. The highest BCUT2D eigenvalue weighted by molar-refractivity contribution is 6.02. The van der Waals surface area contributed by atoms with E-state index < -0.39 is 0 Å². The molecule has 1 aromatic heterocycles. The lowest BCUT2D eigenvalue weighted by atomic mass is 10.2. The van der Waals surface area contributed by atoms with Crippen LogP contribution in [0.25, 0.3) is 6.08 Å². The van der Waals surface area contributed by atoms with Crippen LogP contribution in [-0.4, -0.2) is 17.5 Å². The standard InChI is InChI=1S/C17H19N3O2/c1-2-11-22-15-6-4-3-5-13(15)7-10-17(21)20-14-8-9-16(18)19-12-14/h3-10,12H,2,11H2,1H3,(H2,18,19)(H,20,21)/b10-7+. The Morgan fingerprint density at radius 1 is 1.32 bits per heavy atom. The van der Waals surface area contributed by atoms with Gasteiger partial charge in [-0.25, -0.2) is 4.98 Å². The number of benzene rings is 1. The van der Waals surface area contributed by atoms with E-state index in [1.54, 1.807) is 18.2 Å². The summed E-state index contributed by atoms with van der Waals surface area (Å²) in [6.07, 6.45) is 5.64. The van der Waals surface area contributed by atoms with Crippen molar-refractivity contribution in [1.29, 1.82) is 0 Å². The van der Waals surface area contributed by atoms with Gasteiger partial charge in [0, 0.05) is 11.6 Å². The molecular weight excluding hydrogens is 278 g/mol. The number of carbonyl (C=O) groups is 1. The van der Waals surface area contributed by atoms with Gasteiger partial charge in [0.25, 0.3) is 0 Å². The molecule has 0 radical (unpaired) electrons. The molecule has 5 heteroatoms. The first-order valence-corrected chi connectivity index (χ1v) is 7.11. The van der Waals surface area contributed by atoms with Crippen molar-refractivity contribution in [2.24, 2.45) is 0 Å². The molecule has 2 aromatic rings. The van der Waals surface area contributed by atoms with E-state index >= 15 is 0 Å². The molecule has 0 bridgehead atoms. The van der Waals surface area contributed by atoms with Crippen LogP contribution in [0, 0.1) is 0 Å². The summed E-state index contributed by atoms with van der Waals surface area (Å²) in [5, 5.41) is 2.72. The monoisotopic (exact) mass is 297 g/mol. The zero-order chi connectivity index (χ0) is 15.8. The number of nitrogen functional groups attached to an aromatic ring is 1. The van der Waals surface area contributed by atoms with Crippen molar-refractivity contribution in [2.75, 3.05) is 17.7 Å². The first kappa shape index (κ1) is 15.6. The average Bonchev–Trinajstić information content (AvgIpc) is 2.54. The van der Waals surface area contributed by atoms with Gasteiger partial charge < -0.3 is 15.8 Å². The molecule has 1 heterocycles. The maximum Gasteiger partial charge on any atom is 0.248 e. The second-order valence-electron chi connectivity index (χ2n) is 4.68. The van der Waals surface area contributed by atoms with Gasteiger partial charge in [-0.3, -0.25) is 4.79 Å². The third kappa shape index (κ3) is 4.63. The minimum absolute atomic E-state index is 0.239. The number of amides is 1. The summed E-state index contributed by atoms with van der Waals surface area (Å²) < 4.78 is 5.64. The van der Waals surface area contributed by atoms with Crippen molar-refractivity contribution in [3.05, 3.63) is 54.2 Å². The number of aromatic nitrogens is 1. The number of carbonyl (C=O) groups excluding carboxylic acids is 1. The fraction of sp³-hybridized carbons (Fsp3) is 0.176. The Bertz CT molecular complexity index is 651. The number of rotatable bonds is 6. The molecule has 0 aliphatic rings. The first-order valence-electron chi connectivity index (χ1n) is 7.11. The number of pyridine rings is 1. The maximum absolute atomic E-state index is 11.9. The predicted molar refractivity (Wildman–Crippen MR) is 88.5 cm³/mol. The van der Waals surface area contributed by atoms with Gasteiger partial charge in [0.05, 0.1) is 18.5 Å². The lowest BCUT2D eigenvalue weighted by Gasteiger charge is -2.07. The highest BCUT2D eigenvalue weighted by Crippen LogP contribution is 2.19. The Labute approximate surface area is 129 Å². The Hall–Kier alpha value is -2.82. The maximum atomic E-state index is 11.9. The summed E-state index contributed by atoms with van der Waals surface area (Å²) >= 11 is 0. The van der Waals surface area contributed by atoms with Gasteiger partial charge in [0.15, 0.2) is 0 Å². The minimum atomic E-state index is -0.239. The molecule has 114 valence electrons. The number of anilines is 2. The van der Waals surface area contributed by atoms with Crippen molar-refractivity contribution in [3.63, 3.8) is 0 Å². The zero-order valence-electron chi connectivity index (χ0n) is 12.5. The Balaban J connectivity index is 2.01. The topological polar surface area (TPSA) is 77.2 Å². The number of nitrogens with two attached hydrogens (primary N) is 1. The van der Waals surface area contributed by atoms with Crippen LogP contribution in [0.15, 0.2) is 48.7 Å². The Kier molecular flexibility index (Phi) is 5.54. The van der Waals surface area contributed by atoms with Crippen molar-refractivity contribution in [2.45, 2.75) is 13.3 Å². The summed E-state index contributed by atoms with van der Waals surface area (Å²) in [5.41, 5.74) is 6.96. The van der Waals surface area contributed by atoms with E-state index in [9.17, 15) is 4.79 Å². The van der Waals surface area contributed by atoms with Gasteiger partial charge in [-0.2, -0.15) is 0 Å². The van der Waals surface area contributed by atoms with Gasteiger partial charge in [0.1, 0.15) is 11.6 Å². The largest absolute Gasteiger partial charge is 0.493 e. The Morgan fingerprint density at radius 2 is 2.14 bits per heavy atom. The van der Waals surface area contributed by atoms with Crippen molar-refractivity contribution < 1.29 is 9.53 Å². The minimum Gasteiger partial charge on any atom is -0.493 e. The highest BCUT2D eigenvalue weighted by Gasteiger charge is 2.01. The number of hydrogen-bond donors (Lipinski definition) is 2. The molecule has 5 nitrogen and oxygen atoms in total. The van der Waals surface area contributed by atoms with E-state index in [1.807, 2.05) is 31.2 Å². The molecule has 1 aromatic carbocycles. The van der Waals surface area contributed by atoms with Gasteiger partial charge in [-0.15, -0.1) is 0 Å². The number of ether oxygens (including phenoxy) is 1. The smallest absolute Gasteiger partial charge is 0.248 e. The SMILES string of the molecule is CCCOc1ccccc1/C=C/C(=O)Nc1ccc(N)nc1. The van der Waals surface area contributed by atoms with Crippen LogP contribution in [-0.2, 0) is 4.79 Å². The summed E-state index contributed by atoms with van der Waals surface area (Å²) in [6, 6.07) is 10.9. The molecule has 22 heavy (non-hydrogen) atoms. The quantitative estimate of drug-likeness (QED) is 0.803. The van der Waals surface area contributed by atoms with Crippen LogP contribution in [0.2, 0.25) is 0 Å². The zero-order valence-corrected chi connectivity index (χ0v) is 12.5. The molecule has 0 saturated carbocycles. The molecule has 0 atom stereocenters. The number of hydrogen-bond acceptors (Lipinski definition) is 4. The molecule has 2 rings (SSSR count). The van der Waals surface area contributed by atoms with Crippen LogP contribution in [0.1, 0.15) is 18.9 Å². The van der Waals surface area contributed by atoms with Crippen molar-refractivity contribution in [3.8, 4) is 5.75 Å². The summed E-state index contributed by atoms with van der Waals surface area (Å²) in [4.78, 5) is 15.8. The van der Waals surface area contributed by atoms with E-state index in [0.29, 0.717) is 18.1 Å². The molecule has 0 fully saturated rings. The number of nitrogens with zero attached hydrogens (tertiary/aromatic N) is 1. The normalized spacial score (nSPS) is 10.6. The second-order valence-corrected chi connectivity index (χ2v) is 4.68. The van der Waals surface area contributed by atoms with Crippen molar-refractivity contribution >= 4 is 23.5 Å². The van der Waals surface area contributed by atoms with Crippen LogP contribution in [0.3, 0.4) is 0 Å². The molecule has 3 N–H and O–H groups in total. The van der Waals surface area contributed by atoms with E-state index in [0.717, 1.165) is 17.7 Å². The number of para-hydroxylation sites is 1. The van der Waals surface area contributed by atoms with Crippen LogP contribution in [0.5, 0.6) is 5.75 Å². The van der Waals surface area contributed by atoms with Gasteiger partial charge in [-0.1, -0.05) is 25.1 Å². The summed E-state index contributed by atoms with van der Waals surface area (Å²) in [5.74, 6) is 0.940.